The van der Waals surface area contributed by atoms with Crippen LogP contribution in [-0.4, -0.2) is 35.8 Å². The van der Waals surface area contributed by atoms with Crippen LogP contribution in [0.25, 0.3) is 0 Å². The molecule has 1 aromatic carbocycles. The van der Waals surface area contributed by atoms with Gasteiger partial charge >= 0.3 is 5.97 Å². The van der Waals surface area contributed by atoms with Crippen molar-refractivity contribution in [3.8, 4) is 0 Å². The molecule has 1 atom stereocenters. The Morgan fingerprint density at radius 1 is 1.15 bits per heavy atom. The number of hydrogen-bond donors (Lipinski definition) is 2. The molecule has 0 aliphatic heterocycles. The highest BCUT2D eigenvalue weighted by molar-refractivity contribution is 6.01. The summed E-state index contributed by atoms with van der Waals surface area (Å²) in [5.74, 6) is -0.983. The molecular formula is C20H24N2O4. The highest BCUT2D eigenvalue weighted by Crippen LogP contribution is 2.19. The van der Waals surface area contributed by atoms with Crippen LogP contribution in [0.2, 0.25) is 0 Å². The van der Waals surface area contributed by atoms with Gasteiger partial charge in [-0.1, -0.05) is 37.3 Å². The van der Waals surface area contributed by atoms with E-state index in [0.717, 1.165) is 5.56 Å². The van der Waals surface area contributed by atoms with Gasteiger partial charge < -0.3 is 15.0 Å². The molecule has 138 valence electrons. The molecule has 1 heterocycles. The predicted octanol–water partition coefficient (Wildman–Crippen LogP) is 2.91. The maximum atomic E-state index is 12.2. The van der Waals surface area contributed by atoms with E-state index in [4.69, 9.17) is 4.74 Å². The fourth-order valence-corrected chi connectivity index (χ4v) is 2.90. The molecule has 1 amide bonds. The van der Waals surface area contributed by atoms with E-state index >= 15 is 0 Å². The topological polar surface area (TPSA) is 88.3 Å². The number of amides is 1. The quantitative estimate of drug-likeness (QED) is 0.590. The van der Waals surface area contributed by atoms with Crippen LogP contribution >= 0.6 is 0 Å². The van der Waals surface area contributed by atoms with E-state index in [1.165, 1.54) is 6.92 Å². The van der Waals surface area contributed by atoms with Crippen molar-refractivity contribution in [2.24, 2.45) is 0 Å². The highest BCUT2D eigenvalue weighted by Gasteiger charge is 2.21. The number of nitrogens with one attached hydrogen (secondary N) is 2. The zero-order valence-corrected chi connectivity index (χ0v) is 15.5. The van der Waals surface area contributed by atoms with Crippen LogP contribution in [0.5, 0.6) is 0 Å². The zero-order valence-electron chi connectivity index (χ0n) is 15.5. The van der Waals surface area contributed by atoms with E-state index in [1.807, 2.05) is 37.3 Å². The minimum atomic E-state index is -0.649. The molecule has 2 aromatic rings. The molecule has 0 spiro atoms. The van der Waals surface area contributed by atoms with Gasteiger partial charge in [0.15, 0.2) is 12.4 Å². The summed E-state index contributed by atoms with van der Waals surface area (Å²) in [5.41, 5.74) is 2.97. The summed E-state index contributed by atoms with van der Waals surface area (Å²) >= 11 is 0. The number of carbonyl (C=O) groups is 3. The van der Waals surface area contributed by atoms with Crippen LogP contribution in [-0.2, 0) is 9.53 Å². The van der Waals surface area contributed by atoms with Gasteiger partial charge in [0.2, 0.25) is 0 Å². The molecule has 0 bridgehead atoms. The minimum absolute atomic E-state index is 0.122. The first kappa shape index (κ1) is 19.4. The third-order valence-electron chi connectivity index (χ3n) is 4.30. The van der Waals surface area contributed by atoms with Gasteiger partial charge in [-0.15, -0.1) is 0 Å². The summed E-state index contributed by atoms with van der Waals surface area (Å²) in [6, 6.07) is 9.84. The van der Waals surface area contributed by atoms with Crippen molar-refractivity contribution < 1.29 is 19.1 Å². The maximum absolute atomic E-state index is 12.2. The first-order valence-corrected chi connectivity index (χ1v) is 8.50. The summed E-state index contributed by atoms with van der Waals surface area (Å²) < 4.78 is 5.06. The number of benzene rings is 1. The van der Waals surface area contributed by atoms with Crippen LogP contribution in [0.4, 0.5) is 0 Å². The van der Waals surface area contributed by atoms with Crippen LogP contribution in [0, 0.1) is 13.8 Å². The molecule has 1 aromatic heterocycles. The summed E-state index contributed by atoms with van der Waals surface area (Å²) in [7, 11) is 0. The number of ketones is 1. The largest absolute Gasteiger partial charge is 0.451 e. The second kappa shape index (κ2) is 8.47. The lowest BCUT2D eigenvalue weighted by molar-refractivity contribution is -0.124. The third-order valence-corrected chi connectivity index (χ3v) is 4.30. The number of carbonyl (C=O) groups excluding carboxylic acids is 3. The van der Waals surface area contributed by atoms with Crippen molar-refractivity contribution in [1.82, 2.24) is 10.3 Å². The molecule has 0 saturated heterocycles. The SMILES string of the molecule is CC(=O)c1c(C)[nH]c(C(=O)OCC(=O)NC[C@@H](C)c2ccccc2)c1C. The molecule has 26 heavy (non-hydrogen) atoms. The number of aromatic nitrogens is 1. The van der Waals surface area contributed by atoms with E-state index in [-0.39, 0.29) is 29.9 Å². The number of rotatable bonds is 7. The van der Waals surface area contributed by atoms with Crippen molar-refractivity contribution in [1.29, 1.82) is 0 Å². The molecule has 6 heteroatoms. The first-order valence-electron chi connectivity index (χ1n) is 8.50. The number of aryl methyl sites for hydroxylation is 1. The van der Waals surface area contributed by atoms with Crippen LogP contribution in [0.15, 0.2) is 30.3 Å². The van der Waals surface area contributed by atoms with Gasteiger partial charge in [0, 0.05) is 17.8 Å². The minimum Gasteiger partial charge on any atom is -0.451 e. The Morgan fingerprint density at radius 3 is 2.38 bits per heavy atom. The number of Topliss-reactive ketones (excluding diaryl/α,β-unsaturated/α-hetero) is 1. The molecular weight excluding hydrogens is 332 g/mol. The third kappa shape index (κ3) is 4.59. The highest BCUT2D eigenvalue weighted by atomic mass is 16.5. The summed E-state index contributed by atoms with van der Waals surface area (Å²) in [6.07, 6.45) is 0. The lowest BCUT2D eigenvalue weighted by Crippen LogP contribution is -2.31. The molecule has 0 aliphatic carbocycles. The second-order valence-corrected chi connectivity index (χ2v) is 6.37. The molecule has 0 radical (unpaired) electrons. The van der Waals surface area contributed by atoms with Crippen LogP contribution < -0.4 is 5.32 Å². The van der Waals surface area contributed by atoms with Crippen LogP contribution in [0.3, 0.4) is 0 Å². The number of esters is 1. The molecule has 2 rings (SSSR count). The van der Waals surface area contributed by atoms with Crippen molar-refractivity contribution >= 4 is 17.7 Å². The Morgan fingerprint density at radius 2 is 1.81 bits per heavy atom. The van der Waals surface area contributed by atoms with E-state index in [0.29, 0.717) is 23.4 Å². The average molecular weight is 356 g/mol. The van der Waals surface area contributed by atoms with Gasteiger partial charge in [0.25, 0.3) is 5.91 Å². The standard InChI is InChI=1S/C20H24N2O4/c1-12(16-8-6-5-7-9-16)10-21-17(24)11-26-20(25)19-13(2)18(15(4)23)14(3)22-19/h5-9,12,22H,10-11H2,1-4H3,(H,21,24)/t12-/m1/s1. The molecule has 0 aliphatic rings. The molecule has 2 N–H and O–H groups in total. The second-order valence-electron chi connectivity index (χ2n) is 6.37. The van der Waals surface area contributed by atoms with E-state index < -0.39 is 5.97 Å². The number of hydrogen-bond acceptors (Lipinski definition) is 4. The van der Waals surface area contributed by atoms with Crippen LogP contribution in [0.1, 0.15) is 57.4 Å². The Balaban J connectivity index is 1.87. The summed E-state index contributed by atoms with van der Waals surface area (Å²) in [6.45, 7) is 6.94. The summed E-state index contributed by atoms with van der Waals surface area (Å²) in [5, 5.41) is 2.76. The van der Waals surface area contributed by atoms with Gasteiger partial charge in [-0.05, 0) is 37.8 Å². The Labute approximate surface area is 152 Å². The van der Waals surface area contributed by atoms with Gasteiger partial charge in [-0.2, -0.15) is 0 Å². The van der Waals surface area contributed by atoms with Crippen molar-refractivity contribution in [2.75, 3.05) is 13.2 Å². The van der Waals surface area contributed by atoms with Gasteiger partial charge in [-0.25, -0.2) is 4.79 Å². The molecule has 0 fully saturated rings. The smallest absolute Gasteiger partial charge is 0.355 e. The van der Waals surface area contributed by atoms with Crippen molar-refractivity contribution in [3.05, 3.63) is 58.4 Å². The molecule has 0 unspecified atom stereocenters. The van der Waals surface area contributed by atoms with Gasteiger partial charge in [0.1, 0.15) is 5.69 Å². The molecule has 0 saturated carbocycles. The normalized spacial score (nSPS) is 11.7. The van der Waals surface area contributed by atoms with E-state index in [1.54, 1.807) is 13.8 Å². The number of ether oxygens (including phenoxy) is 1. The molecule has 6 nitrogen and oxygen atoms in total. The zero-order chi connectivity index (χ0) is 19.3. The first-order chi connectivity index (χ1) is 12.3. The number of aromatic amines is 1. The Bertz CT molecular complexity index is 809. The Kier molecular flexibility index (Phi) is 6.33. The summed E-state index contributed by atoms with van der Waals surface area (Å²) in [4.78, 5) is 38.6. The van der Waals surface area contributed by atoms with Gasteiger partial charge in [-0.3, -0.25) is 9.59 Å². The van der Waals surface area contributed by atoms with Crippen molar-refractivity contribution in [2.45, 2.75) is 33.6 Å². The lowest BCUT2D eigenvalue weighted by Gasteiger charge is -2.13. The fraction of sp³-hybridized carbons (Fsp3) is 0.350. The average Bonchev–Trinajstić information content (AvgIpc) is 2.92. The monoisotopic (exact) mass is 356 g/mol. The van der Waals surface area contributed by atoms with E-state index in [2.05, 4.69) is 10.3 Å². The van der Waals surface area contributed by atoms with Crippen molar-refractivity contribution in [3.63, 3.8) is 0 Å². The Hall–Kier alpha value is -2.89. The fourth-order valence-electron chi connectivity index (χ4n) is 2.90. The maximum Gasteiger partial charge on any atom is 0.355 e. The predicted molar refractivity (Wildman–Crippen MR) is 98.4 cm³/mol. The number of H-pyrrole nitrogens is 1. The lowest BCUT2D eigenvalue weighted by atomic mass is 10.0. The van der Waals surface area contributed by atoms with E-state index in [9.17, 15) is 14.4 Å². The van der Waals surface area contributed by atoms with Gasteiger partial charge in [0.05, 0.1) is 0 Å².